The fraction of sp³-hybridized carbons (Fsp3) is 0.176. The zero-order chi connectivity index (χ0) is 19.0. The Kier molecular flexibility index (Phi) is 6.70. The maximum Gasteiger partial charge on any atom is 0.319 e. The van der Waals surface area contributed by atoms with Crippen LogP contribution < -0.4 is 21.1 Å². The second-order valence-electron chi connectivity index (χ2n) is 5.43. The van der Waals surface area contributed by atoms with Crippen LogP contribution in [0, 0.1) is 0 Å². The zero-order valence-corrected chi connectivity index (χ0v) is 14.7. The summed E-state index contributed by atoms with van der Waals surface area (Å²) in [5, 5.41) is 5.14. The first-order valence-corrected chi connectivity index (χ1v) is 9.32. The average molecular weight is 376 g/mol. The molecule has 26 heavy (non-hydrogen) atoms. The number of amides is 2. The summed E-state index contributed by atoms with van der Waals surface area (Å²) in [5.74, 6) is 0. The average Bonchev–Trinajstić information content (AvgIpc) is 2.62. The lowest BCUT2D eigenvalue weighted by Gasteiger charge is -2.15. The van der Waals surface area contributed by atoms with Gasteiger partial charge in [-0.05, 0) is 30.3 Å². The van der Waals surface area contributed by atoms with E-state index in [1.807, 2.05) is 0 Å². The topological polar surface area (TPSA) is 130 Å². The monoisotopic (exact) mass is 376 g/mol. The van der Waals surface area contributed by atoms with Gasteiger partial charge in [0.1, 0.15) is 6.29 Å². The largest absolute Gasteiger partial charge is 0.333 e. The van der Waals surface area contributed by atoms with Crippen molar-refractivity contribution >= 4 is 33.7 Å². The van der Waals surface area contributed by atoms with E-state index in [2.05, 4.69) is 15.4 Å². The number of nitrogens with one attached hydrogen (secondary N) is 3. The van der Waals surface area contributed by atoms with Crippen molar-refractivity contribution in [1.29, 1.82) is 0 Å². The number of nitrogens with two attached hydrogens (primary N) is 1. The molecule has 0 aliphatic heterocycles. The lowest BCUT2D eigenvalue weighted by molar-refractivity contribution is -0.108. The van der Waals surface area contributed by atoms with Crippen molar-refractivity contribution in [3.8, 4) is 0 Å². The van der Waals surface area contributed by atoms with E-state index in [1.54, 1.807) is 36.4 Å². The van der Waals surface area contributed by atoms with E-state index in [0.717, 1.165) is 0 Å². The minimum Gasteiger partial charge on any atom is -0.333 e. The van der Waals surface area contributed by atoms with Gasteiger partial charge in [-0.1, -0.05) is 24.3 Å². The number of carbonyl (C=O) groups is 2. The van der Waals surface area contributed by atoms with E-state index in [9.17, 15) is 18.0 Å². The molecule has 2 aromatic rings. The van der Waals surface area contributed by atoms with Crippen molar-refractivity contribution in [3.05, 3.63) is 54.6 Å². The Morgan fingerprint density at radius 1 is 1.08 bits per heavy atom. The van der Waals surface area contributed by atoms with Gasteiger partial charge in [0.15, 0.2) is 0 Å². The number of aldehydes is 1. The Bertz CT molecular complexity index is 856. The van der Waals surface area contributed by atoms with Gasteiger partial charge < -0.3 is 21.2 Å². The maximum absolute atomic E-state index is 12.3. The third kappa shape index (κ3) is 5.57. The molecule has 0 spiro atoms. The van der Waals surface area contributed by atoms with Crippen LogP contribution in [0.2, 0.25) is 0 Å². The molecule has 0 aliphatic rings. The van der Waals surface area contributed by atoms with Crippen molar-refractivity contribution in [2.24, 2.45) is 5.73 Å². The van der Waals surface area contributed by atoms with E-state index in [0.29, 0.717) is 17.7 Å². The second-order valence-corrected chi connectivity index (χ2v) is 7.12. The number of benzene rings is 2. The number of anilines is 2. The fourth-order valence-electron chi connectivity index (χ4n) is 2.16. The van der Waals surface area contributed by atoms with Gasteiger partial charge in [0.2, 0.25) is 0 Å². The quantitative estimate of drug-likeness (QED) is 0.519. The number of urea groups is 1. The molecule has 8 nitrogen and oxygen atoms in total. The molecule has 0 fully saturated rings. The molecular weight excluding hydrogens is 356 g/mol. The first-order chi connectivity index (χ1) is 12.4. The maximum atomic E-state index is 12.3. The summed E-state index contributed by atoms with van der Waals surface area (Å²) < 4.78 is 27.1. The van der Waals surface area contributed by atoms with Crippen LogP contribution in [0.5, 0.6) is 0 Å². The van der Waals surface area contributed by atoms with E-state index in [-0.39, 0.29) is 17.9 Å². The Balaban J connectivity index is 2.06. The Labute approximate surface area is 151 Å². The van der Waals surface area contributed by atoms with Crippen LogP contribution in [0.15, 0.2) is 59.5 Å². The molecule has 0 heterocycles. The lowest BCUT2D eigenvalue weighted by Crippen LogP contribution is -2.42. The van der Waals surface area contributed by atoms with Gasteiger partial charge in [-0.25, -0.2) is 13.2 Å². The minimum atomic E-state index is -3.72. The van der Waals surface area contributed by atoms with E-state index >= 15 is 0 Å². The Hall–Kier alpha value is -2.91. The summed E-state index contributed by atoms with van der Waals surface area (Å²) in [4.78, 5) is 22.6. The zero-order valence-electron chi connectivity index (χ0n) is 13.9. The van der Waals surface area contributed by atoms with E-state index in [4.69, 9.17) is 5.73 Å². The highest BCUT2D eigenvalue weighted by Gasteiger charge is 2.14. The molecule has 0 aliphatic carbocycles. The molecule has 0 saturated carbocycles. The third-order valence-corrected chi connectivity index (χ3v) is 4.82. The van der Waals surface area contributed by atoms with E-state index < -0.39 is 22.1 Å². The van der Waals surface area contributed by atoms with Gasteiger partial charge in [0.05, 0.1) is 10.6 Å². The number of carbonyl (C=O) groups excluding carboxylic acids is 2. The molecule has 1 atom stereocenters. The van der Waals surface area contributed by atoms with Gasteiger partial charge in [-0.15, -0.1) is 0 Å². The van der Waals surface area contributed by atoms with Crippen LogP contribution in [0.4, 0.5) is 16.2 Å². The van der Waals surface area contributed by atoms with Crippen molar-refractivity contribution in [3.63, 3.8) is 0 Å². The highest BCUT2D eigenvalue weighted by atomic mass is 32.2. The van der Waals surface area contributed by atoms with Crippen molar-refractivity contribution in [2.75, 3.05) is 16.6 Å². The predicted molar refractivity (Wildman–Crippen MR) is 99.4 cm³/mol. The molecule has 0 saturated heterocycles. The Morgan fingerprint density at radius 2 is 1.77 bits per heavy atom. The van der Waals surface area contributed by atoms with Crippen molar-refractivity contribution in [1.82, 2.24) is 5.32 Å². The van der Waals surface area contributed by atoms with Crippen LogP contribution >= 0.6 is 0 Å². The smallest absolute Gasteiger partial charge is 0.319 e. The molecular formula is C17H20N4O4S. The summed E-state index contributed by atoms with van der Waals surface area (Å²) in [6.07, 6.45) is 0.789. The SMILES string of the molecule is NC[C@@H](CC=O)NC(=O)Nc1cccc(NS(=O)(=O)c2ccccc2)c1. The van der Waals surface area contributed by atoms with Gasteiger partial charge >= 0.3 is 6.03 Å². The Morgan fingerprint density at radius 3 is 2.42 bits per heavy atom. The van der Waals surface area contributed by atoms with Crippen LogP contribution in [-0.4, -0.2) is 33.3 Å². The van der Waals surface area contributed by atoms with E-state index in [1.165, 1.54) is 18.2 Å². The number of hydrogen-bond donors (Lipinski definition) is 4. The van der Waals surface area contributed by atoms with Gasteiger partial charge in [-0.2, -0.15) is 0 Å². The predicted octanol–water partition coefficient (Wildman–Crippen LogP) is 1.53. The summed E-state index contributed by atoms with van der Waals surface area (Å²) >= 11 is 0. The third-order valence-electron chi connectivity index (χ3n) is 3.43. The van der Waals surface area contributed by atoms with Crippen LogP contribution in [-0.2, 0) is 14.8 Å². The number of hydrogen-bond acceptors (Lipinski definition) is 5. The first-order valence-electron chi connectivity index (χ1n) is 7.84. The van der Waals surface area contributed by atoms with Crippen LogP contribution in [0.1, 0.15) is 6.42 Å². The van der Waals surface area contributed by atoms with Gasteiger partial charge in [-0.3, -0.25) is 4.72 Å². The molecule has 0 unspecified atom stereocenters. The molecule has 2 aromatic carbocycles. The molecule has 0 aromatic heterocycles. The number of sulfonamides is 1. The molecule has 0 bridgehead atoms. The second kappa shape index (κ2) is 8.97. The van der Waals surface area contributed by atoms with Gasteiger partial charge in [0.25, 0.3) is 10.0 Å². The minimum absolute atomic E-state index is 0.112. The fourth-order valence-corrected chi connectivity index (χ4v) is 3.23. The molecule has 5 N–H and O–H groups in total. The van der Waals surface area contributed by atoms with Crippen molar-refractivity contribution in [2.45, 2.75) is 17.4 Å². The standard InChI is InChI=1S/C17H20N4O4S/c18-12-15(9-10-22)20-17(23)19-13-5-4-6-14(11-13)21-26(24,25)16-7-2-1-3-8-16/h1-8,10-11,15,21H,9,12,18H2,(H2,19,20,23)/t15-/m1/s1. The molecule has 2 amide bonds. The van der Waals surface area contributed by atoms with Gasteiger partial charge in [0, 0.05) is 24.7 Å². The summed E-state index contributed by atoms with van der Waals surface area (Å²) in [6.45, 7) is 0.128. The first kappa shape index (κ1) is 19.4. The normalized spacial score (nSPS) is 12.0. The van der Waals surface area contributed by atoms with Crippen molar-refractivity contribution < 1.29 is 18.0 Å². The molecule has 138 valence electrons. The molecule has 0 radical (unpaired) electrons. The molecule has 9 heteroatoms. The highest BCUT2D eigenvalue weighted by Crippen LogP contribution is 2.19. The molecule has 2 rings (SSSR count). The summed E-state index contributed by atoms with van der Waals surface area (Å²) in [6, 6.07) is 13.2. The highest BCUT2D eigenvalue weighted by molar-refractivity contribution is 7.92. The number of rotatable bonds is 8. The summed E-state index contributed by atoms with van der Waals surface area (Å²) in [7, 11) is -3.72. The lowest BCUT2D eigenvalue weighted by atomic mass is 10.2. The van der Waals surface area contributed by atoms with Crippen LogP contribution in [0.25, 0.3) is 0 Å². The summed E-state index contributed by atoms with van der Waals surface area (Å²) in [5.41, 5.74) is 6.16. The van der Waals surface area contributed by atoms with Crippen LogP contribution in [0.3, 0.4) is 0 Å².